The van der Waals surface area contributed by atoms with Crippen LogP contribution >= 0.6 is 0 Å². The van der Waals surface area contributed by atoms with Crippen molar-refractivity contribution >= 4 is 23.2 Å². The third-order valence-electron chi connectivity index (χ3n) is 4.30. The summed E-state index contributed by atoms with van der Waals surface area (Å²) in [5.74, 6) is -1.99. The van der Waals surface area contributed by atoms with Gasteiger partial charge in [0.2, 0.25) is 11.8 Å². The van der Waals surface area contributed by atoms with Gasteiger partial charge in [-0.3, -0.25) is 9.59 Å². The molecule has 1 atom stereocenters. The number of hydrogen-bond acceptors (Lipinski definition) is 4. The molecule has 0 aromatic heterocycles. The maximum atomic E-state index is 13.3. The number of rotatable bonds is 5. The SMILES string of the molecule is COc1ccc(OC)c(N2CC(C(=O)Nc3cc(F)cc(F)c3)CC2=O)c1. The maximum Gasteiger partial charge on any atom is 0.229 e. The first-order valence-corrected chi connectivity index (χ1v) is 8.20. The zero-order valence-corrected chi connectivity index (χ0v) is 14.8. The summed E-state index contributed by atoms with van der Waals surface area (Å²) in [5.41, 5.74) is 0.497. The lowest BCUT2D eigenvalue weighted by Gasteiger charge is -2.20. The van der Waals surface area contributed by atoms with E-state index in [4.69, 9.17) is 9.47 Å². The van der Waals surface area contributed by atoms with Crippen LogP contribution in [0.15, 0.2) is 36.4 Å². The number of methoxy groups -OCH3 is 2. The molecule has 27 heavy (non-hydrogen) atoms. The summed E-state index contributed by atoms with van der Waals surface area (Å²) < 4.78 is 37.0. The van der Waals surface area contributed by atoms with Crippen molar-refractivity contribution in [2.45, 2.75) is 6.42 Å². The van der Waals surface area contributed by atoms with Gasteiger partial charge in [-0.05, 0) is 24.3 Å². The predicted molar refractivity (Wildman–Crippen MR) is 95.0 cm³/mol. The number of hydrogen-bond donors (Lipinski definition) is 1. The molecule has 1 aliphatic heterocycles. The Morgan fingerprint density at radius 3 is 2.44 bits per heavy atom. The van der Waals surface area contributed by atoms with Crippen LogP contribution in [-0.4, -0.2) is 32.6 Å². The van der Waals surface area contributed by atoms with Crippen molar-refractivity contribution in [1.29, 1.82) is 0 Å². The van der Waals surface area contributed by atoms with Gasteiger partial charge in [0, 0.05) is 30.8 Å². The second-order valence-corrected chi connectivity index (χ2v) is 6.09. The highest BCUT2D eigenvalue weighted by Gasteiger charge is 2.36. The summed E-state index contributed by atoms with van der Waals surface area (Å²) in [5, 5.41) is 2.46. The van der Waals surface area contributed by atoms with Crippen LogP contribution in [0.1, 0.15) is 6.42 Å². The molecule has 1 fully saturated rings. The van der Waals surface area contributed by atoms with Crippen molar-refractivity contribution < 1.29 is 27.8 Å². The van der Waals surface area contributed by atoms with E-state index in [1.807, 2.05) is 0 Å². The van der Waals surface area contributed by atoms with Crippen LogP contribution in [0.4, 0.5) is 20.2 Å². The highest BCUT2D eigenvalue weighted by molar-refractivity contribution is 6.04. The Hall–Kier alpha value is -3.16. The second-order valence-electron chi connectivity index (χ2n) is 6.09. The molecule has 2 aromatic rings. The van der Waals surface area contributed by atoms with Crippen molar-refractivity contribution in [3.63, 3.8) is 0 Å². The molecule has 1 aliphatic rings. The van der Waals surface area contributed by atoms with Gasteiger partial charge in [0.1, 0.15) is 23.1 Å². The first-order chi connectivity index (χ1) is 12.9. The van der Waals surface area contributed by atoms with Gasteiger partial charge in [-0.2, -0.15) is 0 Å². The van der Waals surface area contributed by atoms with Gasteiger partial charge < -0.3 is 19.7 Å². The molecule has 1 saturated heterocycles. The Bertz CT molecular complexity index is 868. The van der Waals surface area contributed by atoms with E-state index in [1.165, 1.54) is 19.1 Å². The number of anilines is 2. The molecule has 0 bridgehead atoms. The minimum absolute atomic E-state index is 0.00219. The first kappa shape index (κ1) is 18.6. The Morgan fingerprint density at radius 1 is 1.11 bits per heavy atom. The molecular formula is C19H18F2N2O4. The van der Waals surface area contributed by atoms with Crippen molar-refractivity contribution in [3.8, 4) is 11.5 Å². The molecule has 0 aliphatic carbocycles. The third-order valence-corrected chi connectivity index (χ3v) is 4.30. The van der Waals surface area contributed by atoms with E-state index in [9.17, 15) is 18.4 Å². The molecule has 142 valence electrons. The minimum atomic E-state index is -0.796. The van der Waals surface area contributed by atoms with E-state index in [1.54, 1.807) is 18.2 Å². The molecule has 2 aromatic carbocycles. The topological polar surface area (TPSA) is 67.9 Å². The fraction of sp³-hybridized carbons (Fsp3) is 0.263. The lowest BCUT2D eigenvalue weighted by atomic mass is 10.1. The molecule has 8 heteroatoms. The number of carbonyl (C=O) groups is 2. The van der Waals surface area contributed by atoms with Crippen molar-refractivity contribution in [1.82, 2.24) is 0 Å². The van der Waals surface area contributed by atoms with Crippen LogP contribution in [0, 0.1) is 17.6 Å². The first-order valence-electron chi connectivity index (χ1n) is 8.20. The molecule has 1 unspecified atom stereocenters. The van der Waals surface area contributed by atoms with E-state index in [0.717, 1.165) is 12.1 Å². The van der Waals surface area contributed by atoms with Gasteiger partial charge in [-0.1, -0.05) is 0 Å². The number of nitrogens with one attached hydrogen (secondary N) is 1. The summed E-state index contributed by atoms with van der Waals surface area (Å²) in [4.78, 5) is 26.3. The van der Waals surface area contributed by atoms with E-state index >= 15 is 0 Å². The number of halogens is 2. The quantitative estimate of drug-likeness (QED) is 0.871. The fourth-order valence-corrected chi connectivity index (χ4v) is 2.99. The second kappa shape index (κ2) is 7.61. The molecule has 2 amide bonds. The molecule has 0 saturated carbocycles. The standard InChI is InChI=1S/C19H18F2N2O4/c1-26-15-3-4-17(27-2)16(9-15)23-10-11(5-18(23)24)19(25)22-14-7-12(20)6-13(21)8-14/h3-4,6-9,11H,5,10H2,1-2H3,(H,22,25). The number of ether oxygens (including phenoxy) is 2. The monoisotopic (exact) mass is 376 g/mol. The number of benzene rings is 2. The highest BCUT2D eigenvalue weighted by Crippen LogP contribution is 2.36. The van der Waals surface area contributed by atoms with Crippen molar-refractivity contribution in [3.05, 3.63) is 48.0 Å². The van der Waals surface area contributed by atoms with Gasteiger partial charge in [0.15, 0.2) is 0 Å². The predicted octanol–water partition coefficient (Wildman–Crippen LogP) is 2.97. The average Bonchev–Trinajstić information content (AvgIpc) is 3.02. The minimum Gasteiger partial charge on any atom is -0.497 e. The molecule has 1 N–H and O–H groups in total. The zero-order valence-electron chi connectivity index (χ0n) is 14.8. The van der Waals surface area contributed by atoms with Gasteiger partial charge in [0.05, 0.1) is 25.8 Å². The van der Waals surface area contributed by atoms with E-state index in [0.29, 0.717) is 23.3 Å². The molecular weight excluding hydrogens is 358 g/mol. The van der Waals surface area contributed by atoms with Crippen molar-refractivity contribution in [2.24, 2.45) is 5.92 Å². The zero-order chi connectivity index (χ0) is 19.6. The van der Waals surface area contributed by atoms with E-state index in [-0.39, 0.29) is 24.6 Å². The summed E-state index contributed by atoms with van der Waals surface area (Å²) >= 11 is 0. The molecule has 0 radical (unpaired) electrons. The lowest BCUT2D eigenvalue weighted by Crippen LogP contribution is -2.28. The summed E-state index contributed by atoms with van der Waals surface area (Å²) in [7, 11) is 2.99. The number of carbonyl (C=O) groups excluding carboxylic acids is 2. The molecule has 6 nitrogen and oxygen atoms in total. The van der Waals surface area contributed by atoms with Crippen LogP contribution in [0.2, 0.25) is 0 Å². The normalized spacial score (nSPS) is 16.4. The largest absolute Gasteiger partial charge is 0.497 e. The van der Waals surface area contributed by atoms with Gasteiger partial charge in [-0.25, -0.2) is 8.78 Å². The number of amides is 2. The highest BCUT2D eigenvalue weighted by atomic mass is 19.1. The lowest BCUT2D eigenvalue weighted by molar-refractivity contribution is -0.122. The average molecular weight is 376 g/mol. The van der Waals surface area contributed by atoms with Gasteiger partial charge >= 0.3 is 0 Å². The van der Waals surface area contributed by atoms with E-state index in [2.05, 4.69) is 5.32 Å². The summed E-state index contributed by atoms with van der Waals surface area (Å²) in [6.07, 6.45) is -0.0238. The Morgan fingerprint density at radius 2 is 1.81 bits per heavy atom. The summed E-state index contributed by atoms with van der Waals surface area (Å²) in [6.45, 7) is 0.117. The summed E-state index contributed by atoms with van der Waals surface area (Å²) in [6, 6.07) is 7.77. The van der Waals surface area contributed by atoms with E-state index < -0.39 is 23.5 Å². The molecule has 0 spiro atoms. The van der Waals surface area contributed by atoms with Crippen LogP contribution in [0.5, 0.6) is 11.5 Å². The molecule has 1 heterocycles. The van der Waals surface area contributed by atoms with Crippen LogP contribution in [0.25, 0.3) is 0 Å². The third kappa shape index (κ3) is 3.99. The smallest absolute Gasteiger partial charge is 0.229 e. The van der Waals surface area contributed by atoms with Crippen LogP contribution < -0.4 is 19.7 Å². The fourth-order valence-electron chi connectivity index (χ4n) is 2.99. The van der Waals surface area contributed by atoms with Gasteiger partial charge in [0.25, 0.3) is 0 Å². The van der Waals surface area contributed by atoms with Crippen LogP contribution in [0.3, 0.4) is 0 Å². The Labute approximate surface area is 154 Å². The Balaban J connectivity index is 1.78. The van der Waals surface area contributed by atoms with Gasteiger partial charge in [-0.15, -0.1) is 0 Å². The molecule has 3 rings (SSSR count). The van der Waals surface area contributed by atoms with Crippen LogP contribution in [-0.2, 0) is 9.59 Å². The van der Waals surface area contributed by atoms with Crippen molar-refractivity contribution in [2.75, 3.05) is 31.0 Å². The Kier molecular flexibility index (Phi) is 5.25. The maximum absolute atomic E-state index is 13.3. The number of nitrogens with zero attached hydrogens (tertiary/aromatic N) is 1.